The van der Waals surface area contributed by atoms with Crippen LogP contribution < -0.4 is 5.32 Å². The maximum Gasteiger partial charge on any atom is 0.317 e. The number of rotatable bonds is 5. The first-order valence-corrected chi connectivity index (χ1v) is 5.24. The predicted molar refractivity (Wildman–Crippen MR) is 64.7 cm³/mol. The Morgan fingerprint density at radius 2 is 1.88 bits per heavy atom. The molecule has 0 aromatic heterocycles. The van der Waals surface area contributed by atoms with Crippen molar-refractivity contribution in [3.8, 4) is 0 Å². The van der Waals surface area contributed by atoms with Crippen LogP contribution >= 0.6 is 0 Å². The molecule has 0 spiro atoms. The lowest BCUT2D eigenvalue weighted by molar-refractivity contribution is -0.138. The van der Waals surface area contributed by atoms with Crippen molar-refractivity contribution >= 4 is 17.6 Å². The Labute approximate surface area is 100 Å². The van der Waals surface area contributed by atoms with Crippen LogP contribution in [0, 0.1) is 0 Å². The number of hydrogen-bond acceptors (Lipinski definition) is 3. The highest BCUT2D eigenvalue weighted by molar-refractivity contribution is 5.88. The van der Waals surface area contributed by atoms with E-state index in [-0.39, 0.29) is 12.5 Å². The molecule has 0 aliphatic carbocycles. The van der Waals surface area contributed by atoms with E-state index in [1.807, 2.05) is 12.1 Å². The first-order chi connectivity index (χ1) is 7.97. The molecule has 2 N–H and O–H groups in total. The normalized spacial score (nSPS) is 10.3. The van der Waals surface area contributed by atoms with E-state index in [2.05, 4.69) is 5.32 Å². The Hall–Kier alpha value is -1.88. The number of nitrogens with zero attached hydrogens (tertiary/aromatic N) is 1. The van der Waals surface area contributed by atoms with Crippen molar-refractivity contribution in [3.05, 3.63) is 29.8 Å². The molecule has 0 atom stereocenters. The van der Waals surface area contributed by atoms with Crippen LogP contribution in [0.2, 0.25) is 0 Å². The largest absolute Gasteiger partial charge is 0.480 e. The Kier molecular flexibility index (Phi) is 4.66. The van der Waals surface area contributed by atoms with Crippen LogP contribution in [0.3, 0.4) is 0 Å². The molecule has 1 rings (SSSR count). The molecule has 0 saturated carbocycles. The second-order valence-electron chi connectivity index (χ2n) is 3.94. The van der Waals surface area contributed by atoms with E-state index in [4.69, 9.17) is 5.11 Å². The SMILES string of the molecule is CC(=O)Nc1ccc(CN(C)CC(=O)O)cc1. The average molecular weight is 236 g/mol. The number of hydrogen-bond donors (Lipinski definition) is 2. The Morgan fingerprint density at radius 3 is 2.35 bits per heavy atom. The lowest BCUT2D eigenvalue weighted by atomic mass is 10.2. The van der Waals surface area contributed by atoms with Crippen LogP contribution in [0.4, 0.5) is 5.69 Å². The predicted octanol–water partition coefficient (Wildman–Crippen LogP) is 1.16. The van der Waals surface area contributed by atoms with Gasteiger partial charge in [-0.2, -0.15) is 0 Å². The lowest BCUT2D eigenvalue weighted by Gasteiger charge is -2.14. The summed E-state index contributed by atoms with van der Waals surface area (Å²) in [6, 6.07) is 7.32. The van der Waals surface area contributed by atoms with Gasteiger partial charge in [0.15, 0.2) is 0 Å². The summed E-state index contributed by atoms with van der Waals surface area (Å²) in [7, 11) is 1.75. The number of amides is 1. The molecule has 5 heteroatoms. The van der Waals surface area contributed by atoms with Crippen LogP contribution in [-0.2, 0) is 16.1 Å². The first kappa shape index (κ1) is 13.2. The summed E-state index contributed by atoms with van der Waals surface area (Å²) in [4.78, 5) is 23.0. The van der Waals surface area contributed by atoms with E-state index in [0.29, 0.717) is 6.54 Å². The zero-order valence-corrected chi connectivity index (χ0v) is 9.93. The molecule has 1 aromatic carbocycles. The standard InChI is InChI=1S/C12H16N2O3/c1-9(15)13-11-5-3-10(4-6-11)7-14(2)8-12(16)17/h3-6H,7-8H2,1-2H3,(H,13,15)(H,16,17). The second-order valence-corrected chi connectivity index (χ2v) is 3.94. The highest BCUT2D eigenvalue weighted by atomic mass is 16.4. The maximum atomic E-state index is 10.8. The van der Waals surface area contributed by atoms with Crippen molar-refractivity contribution in [2.75, 3.05) is 18.9 Å². The molecule has 1 amide bonds. The summed E-state index contributed by atoms with van der Waals surface area (Å²) in [6.45, 7) is 2.02. The molecule has 0 fully saturated rings. The van der Waals surface area contributed by atoms with Gasteiger partial charge < -0.3 is 10.4 Å². The van der Waals surface area contributed by atoms with Gasteiger partial charge in [0.1, 0.15) is 0 Å². The van der Waals surface area contributed by atoms with Crippen LogP contribution in [0.25, 0.3) is 0 Å². The third-order valence-electron chi connectivity index (χ3n) is 2.13. The molecular weight excluding hydrogens is 220 g/mol. The molecule has 17 heavy (non-hydrogen) atoms. The topological polar surface area (TPSA) is 69.6 Å². The zero-order valence-electron chi connectivity index (χ0n) is 9.93. The summed E-state index contributed by atoms with van der Waals surface area (Å²) < 4.78 is 0. The molecule has 0 aliphatic rings. The third kappa shape index (κ3) is 5.12. The van der Waals surface area contributed by atoms with E-state index < -0.39 is 5.97 Å². The van der Waals surface area contributed by atoms with Crippen molar-refractivity contribution in [1.29, 1.82) is 0 Å². The molecule has 0 bridgehead atoms. The minimum Gasteiger partial charge on any atom is -0.480 e. The number of carboxylic acids is 1. The van der Waals surface area contributed by atoms with Crippen molar-refractivity contribution in [2.45, 2.75) is 13.5 Å². The Morgan fingerprint density at radius 1 is 1.29 bits per heavy atom. The number of anilines is 1. The minimum atomic E-state index is -0.845. The molecule has 0 aliphatic heterocycles. The van der Waals surface area contributed by atoms with E-state index in [1.165, 1.54) is 6.92 Å². The van der Waals surface area contributed by atoms with Gasteiger partial charge >= 0.3 is 5.97 Å². The van der Waals surface area contributed by atoms with Crippen LogP contribution in [0.1, 0.15) is 12.5 Å². The van der Waals surface area contributed by atoms with Crippen molar-refractivity contribution in [2.24, 2.45) is 0 Å². The molecule has 0 unspecified atom stereocenters. The summed E-state index contributed by atoms with van der Waals surface area (Å²) >= 11 is 0. The Balaban J connectivity index is 2.56. The van der Waals surface area contributed by atoms with E-state index in [9.17, 15) is 9.59 Å². The van der Waals surface area contributed by atoms with Crippen LogP contribution in [-0.4, -0.2) is 35.5 Å². The van der Waals surface area contributed by atoms with Crippen LogP contribution in [0.5, 0.6) is 0 Å². The molecular formula is C12H16N2O3. The van der Waals surface area contributed by atoms with E-state index >= 15 is 0 Å². The quantitative estimate of drug-likeness (QED) is 0.805. The zero-order chi connectivity index (χ0) is 12.8. The summed E-state index contributed by atoms with van der Waals surface area (Å²) in [6.07, 6.45) is 0. The lowest BCUT2D eigenvalue weighted by Crippen LogP contribution is -2.25. The minimum absolute atomic E-state index is 0.00739. The van der Waals surface area contributed by atoms with Gasteiger partial charge in [0.2, 0.25) is 5.91 Å². The second kappa shape index (κ2) is 6.00. The number of carbonyl (C=O) groups excluding carboxylic acids is 1. The van der Waals surface area contributed by atoms with Gasteiger partial charge in [-0.05, 0) is 24.7 Å². The fourth-order valence-corrected chi connectivity index (χ4v) is 1.50. The molecule has 0 heterocycles. The number of benzene rings is 1. The van der Waals surface area contributed by atoms with E-state index in [0.717, 1.165) is 11.3 Å². The van der Waals surface area contributed by atoms with Crippen molar-refractivity contribution < 1.29 is 14.7 Å². The molecule has 5 nitrogen and oxygen atoms in total. The summed E-state index contributed by atoms with van der Waals surface area (Å²) in [5.74, 6) is -0.955. The van der Waals surface area contributed by atoms with Gasteiger partial charge in [-0.15, -0.1) is 0 Å². The number of nitrogens with one attached hydrogen (secondary N) is 1. The molecule has 0 radical (unpaired) electrons. The highest BCUT2D eigenvalue weighted by Gasteiger charge is 2.05. The average Bonchev–Trinajstić information content (AvgIpc) is 2.18. The van der Waals surface area contributed by atoms with Crippen molar-refractivity contribution in [1.82, 2.24) is 4.90 Å². The fourth-order valence-electron chi connectivity index (χ4n) is 1.50. The van der Waals surface area contributed by atoms with Gasteiger partial charge in [0, 0.05) is 19.2 Å². The number of carboxylic acid groups (broad SMARTS) is 1. The number of carbonyl (C=O) groups is 2. The van der Waals surface area contributed by atoms with Gasteiger partial charge in [0.05, 0.1) is 6.54 Å². The highest BCUT2D eigenvalue weighted by Crippen LogP contribution is 2.10. The van der Waals surface area contributed by atoms with E-state index in [1.54, 1.807) is 24.1 Å². The number of aliphatic carboxylic acids is 1. The third-order valence-corrected chi connectivity index (χ3v) is 2.13. The van der Waals surface area contributed by atoms with Crippen LogP contribution in [0.15, 0.2) is 24.3 Å². The molecule has 92 valence electrons. The smallest absolute Gasteiger partial charge is 0.317 e. The van der Waals surface area contributed by atoms with Crippen molar-refractivity contribution in [3.63, 3.8) is 0 Å². The Bertz CT molecular complexity index is 401. The summed E-state index contributed by atoms with van der Waals surface area (Å²) in [5, 5.41) is 11.3. The maximum absolute atomic E-state index is 10.8. The van der Waals surface area contributed by atoms with Gasteiger partial charge in [-0.3, -0.25) is 14.5 Å². The van der Waals surface area contributed by atoms with Gasteiger partial charge in [-0.25, -0.2) is 0 Å². The monoisotopic (exact) mass is 236 g/mol. The molecule has 1 aromatic rings. The number of likely N-dealkylation sites (N-methyl/N-ethyl adjacent to an activating group) is 1. The summed E-state index contributed by atoms with van der Waals surface area (Å²) in [5.41, 5.74) is 1.74. The fraction of sp³-hybridized carbons (Fsp3) is 0.333. The van der Waals surface area contributed by atoms with Gasteiger partial charge in [-0.1, -0.05) is 12.1 Å². The molecule has 0 saturated heterocycles. The van der Waals surface area contributed by atoms with Gasteiger partial charge in [0.25, 0.3) is 0 Å². The first-order valence-electron chi connectivity index (χ1n) is 5.24.